The van der Waals surface area contributed by atoms with Crippen LogP contribution in [0.4, 0.5) is 0 Å². The smallest absolute Gasteiger partial charge is 0.211 e. The van der Waals surface area contributed by atoms with Crippen LogP contribution in [0.3, 0.4) is 0 Å². The van der Waals surface area contributed by atoms with Crippen molar-refractivity contribution in [3.63, 3.8) is 0 Å². The SMILES string of the molecule is CCC1=C2CC3CC(CC1N=C=O)CC23. The van der Waals surface area contributed by atoms with E-state index in [1.165, 1.54) is 24.8 Å². The molecule has 3 aliphatic rings. The van der Waals surface area contributed by atoms with Gasteiger partial charge in [-0.1, -0.05) is 12.5 Å². The molecule has 3 rings (SSSR count). The van der Waals surface area contributed by atoms with E-state index in [4.69, 9.17) is 0 Å². The van der Waals surface area contributed by atoms with Crippen molar-refractivity contribution >= 4 is 6.08 Å². The first-order valence-corrected chi connectivity index (χ1v) is 6.12. The highest BCUT2D eigenvalue weighted by molar-refractivity contribution is 5.39. The number of hydrogen-bond donors (Lipinski definition) is 0. The van der Waals surface area contributed by atoms with Crippen molar-refractivity contribution in [2.45, 2.75) is 45.1 Å². The van der Waals surface area contributed by atoms with Crippen molar-refractivity contribution in [1.82, 2.24) is 0 Å². The van der Waals surface area contributed by atoms with Crippen molar-refractivity contribution in [2.24, 2.45) is 22.7 Å². The summed E-state index contributed by atoms with van der Waals surface area (Å²) in [6.45, 7) is 2.20. The highest BCUT2D eigenvalue weighted by atomic mass is 16.1. The molecule has 15 heavy (non-hydrogen) atoms. The first-order chi connectivity index (χ1) is 7.33. The molecule has 0 aliphatic heterocycles. The van der Waals surface area contributed by atoms with E-state index < -0.39 is 0 Å². The topological polar surface area (TPSA) is 29.4 Å². The van der Waals surface area contributed by atoms with Crippen LogP contribution in [0.5, 0.6) is 0 Å². The summed E-state index contributed by atoms with van der Waals surface area (Å²) in [5.74, 6) is 2.67. The summed E-state index contributed by atoms with van der Waals surface area (Å²) in [6.07, 6.45) is 8.00. The number of allylic oxidation sites excluding steroid dienone is 1. The Hall–Kier alpha value is -0.880. The van der Waals surface area contributed by atoms with Crippen molar-refractivity contribution in [2.75, 3.05) is 0 Å². The lowest BCUT2D eigenvalue weighted by atomic mass is 9.68. The lowest BCUT2D eigenvalue weighted by Crippen LogP contribution is -2.28. The third-order valence-electron chi connectivity index (χ3n) is 4.68. The van der Waals surface area contributed by atoms with E-state index >= 15 is 0 Å². The zero-order valence-corrected chi connectivity index (χ0v) is 9.20. The van der Waals surface area contributed by atoms with E-state index in [0.717, 1.165) is 30.6 Å². The lowest BCUT2D eigenvalue weighted by molar-refractivity contribution is 0.312. The van der Waals surface area contributed by atoms with Crippen molar-refractivity contribution < 1.29 is 4.79 Å². The third kappa shape index (κ3) is 1.24. The summed E-state index contributed by atoms with van der Waals surface area (Å²) >= 11 is 0. The molecule has 2 nitrogen and oxygen atoms in total. The van der Waals surface area contributed by atoms with Gasteiger partial charge in [0, 0.05) is 0 Å². The Labute approximate surface area is 90.5 Å². The first kappa shape index (κ1) is 9.35. The molecular formula is C13H17NO. The zero-order chi connectivity index (χ0) is 10.4. The van der Waals surface area contributed by atoms with Gasteiger partial charge in [-0.05, 0) is 55.4 Å². The standard InChI is InChI=1S/C13H17NO/c1-2-10-12-6-9-3-8(4-11(9)12)5-13(10)14-7-15/h8-9,11,13H,2-6H2,1H3. The fourth-order valence-electron chi connectivity index (χ4n) is 4.06. The zero-order valence-electron chi connectivity index (χ0n) is 9.20. The molecule has 0 amide bonds. The number of hydrogen-bond acceptors (Lipinski definition) is 2. The number of nitrogens with zero attached hydrogens (tertiary/aromatic N) is 1. The average molecular weight is 203 g/mol. The van der Waals surface area contributed by atoms with Crippen LogP contribution in [0.1, 0.15) is 39.0 Å². The molecule has 0 heterocycles. The second-order valence-electron chi connectivity index (χ2n) is 5.28. The summed E-state index contributed by atoms with van der Waals surface area (Å²) in [7, 11) is 0. The highest BCUT2D eigenvalue weighted by Crippen LogP contribution is 2.58. The summed E-state index contributed by atoms with van der Waals surface area (Å²) in [5.41, 5.74) is 3.13. The number of fused-ring (bicyclic) bond motifs is 1. The molecule has 4 unspecified atom stereocenters. The van der Waals surface area contributed by atoms with Gasteiger partial charge < -0.3 is 0 Å². The molecule has 0 aromatic rings. The van der Waals surface area contributed by atoms with Crippen LogP contribution in [0.15, 0.2) is 16.1 Å². The Kier molecular flexibility index (Phi) is 2.07. The van der Waals surface area contributed by atoms with Gasteiger partial charge in [-0.3, -0.25) is 0 Å². The molecule has 0 N–H and O–H groups in total. The molecule has 0 radical (unpaired) electrons. The van der Waals surface area contributed by atoms with Crippen LogP contribution in [0, 0.1) is 17.8 Å². The number of carbonyl (C=O) groups excluding carboxylic acids is 1. The van der Waals surface area contributed by atoms with Crippen LogP contribution in [0.25, 0.3) is 0 Å². The number of aliphatic imine (C=N–C) groups is 1. The van der Waals surface area contributed by atoms with E-state index in [0.29, 0.717) is 0 Å². The fraction of sp³-hybridized carbons (Fsp3) is 0.769. The van der Waals surface area contributed by atoms with Gasteiger partial charge in [0.15, 0.2) is 0 Å². The largest absolute Gasteiger partial charge is 0.235 e. The second-order valence-corrected chi connectivity index (χ2v) is 5.28. The molecule has 2 heteroatoms. The summed E-state index contributed by atoms with van der Waals surface area (Å²) in [4.78, 5) is 14.5. The van der Waals surface area contributed by atoms with Gasteiger partial charge >= 0.3 is 0 Å². The molecule has 4 atom stereocenters. The Bertz CT molecular complexity index is 365. The minimum atomic E-state index is 0.179. The third-order valence-corrected chi connectivity index (χ3v) is 4.68. The van der Waals surface area contributed by atoms with Gasteiger partial charge in [0.25, 0.3) is 0 Å². The molecule has 2 bridgehead atoms. The number of rotatable bonds is 2. The lowest BCUT2D eigenvalue weighted by Gasteiger charge is -2.38. The molecule has 2 fully saturated rings. The maximum Gasteiger partial charge on any atom is 0.235 e. The van der Waals surface area contributed by atoms with Crippen molar-refractivity contribution in [3.05, 3.63) is 11.1 Å². The average Bonchev–Trinajstić information content (AvgIpc) is 2.43. The Morgan fingerprint density at radius 3 is 3.00 bits per heavy atom. The van der Waals surface area contributed by atoms with Crippen molar-refractivity contribution in [1.29, 1.82) is 0 Å². The molecule has 2 saturated carbocycles. The first-order valence-electron chi connectivity index (χ1n) is 6.12. The van der Waals surface area contributed by atoms with E-state index in [-0.39, 0.29) is 6.04 Å². The molecule has 0 aromatic heterocycles. The van der Waals surface area contributed by atoms with Crippen LogP contribution in [-0.4, -0.2) is 12.1 Å². The Morgan fingerprint density at radius 2 is 2.27 bits per heavy atom. The summed E-state index contributed by atoms with van der Waals surface area (Å²) in [6, 6.07) is 0.179. The van der Waals surface area contributed by atoms with Crippen LogP contribution >= 0.6 is 0 Å². The van der Waals surface area contributed by atoms with E-state index in [1.54, 1.807) is 11.7 Å². The minimum Gasteiger partial charge on any atom is -0.211 e. The summed E-state index contributed by atoms with van der Waals surface area (Å²) < 4.78 is 0. The predicted octanol–water partition coefficient (Wildman–Crippen LogP) is 2.85. The van der Waals surface area contributed by atoms with Gasteiger partial charge in [0.05, 0.1) is 6.04 Å². The summed E-state index contributed by atoms with van der Waals surface area (Å²) in [5, 5.41) is 0. The molecule has 0 spiro atoms. The fourth-order valence-corrected chi connectivity index (χ4v) is 4.06. The normalized spacial score (nSPS) is 41.9. The maximum atomic E-state index is 10.5. The monoisotopic (exact) mass is 203 g/mol. The Balaban J connectivity index is 2.00. The molecule has 80 valence electrons. The van der Waals surface area contributed by atoms with E-state index in [2.05, 4.69) is 11.9 Å². The predicted molar refractivity (Wildman–Crippen MR) is 58.2 cm³/mol. The van der Waals surface area contributed by atoms with E-state index in [9.17, 15) is 4.79 Å². The molecule has 0 aromatic carbocycles. The van der Waals surface area contributed by atoms with Gasteiger partial charge in [0.2, 0.25) is 6.08 Å². The van der Waals surface area contributed by atoms with Crippen molar-refractivity contribution in [3.8, 4) is 0 Å². The molecular weight excluding hydrogens is 186 g/mol. The van der Waals surface area contributed by atoms with E-state index in [1.807, 2.05) is 0 Å². The van der Waals surface area contributed by atoms with Gasteiger partial charge in [-0.25, -0.2) is 4.79 Å². The van der Waals surface area contributed by atoms with Gasteiger partial charge in [0.1, 0.15) is 0 Å². The molecule has 3 aliphatic carbocycles. The van der Waals surface area contributed by atoms with Crippen LogP contribution in [-0.2, 0) is 4.79 Å². The molecule has 0 saturated heterocycles. The quantitative estimate of drug-likeness (QED) is 0.385. The van der Waals surface area contributed by atoms with Crippen LogP contribution in [0.2, 0.25) is 0 Å². The van der Waals surface area contributed by atoms with Gasteiger partial charge in [-0.15, -0.1) is 0 Å². The van der Waals surface area contributed by atoms with Gasteiger partial charge in [-0.2, -0.15) is 4.99 Å². The second kappa shape index (κ2) is 3.31. The van der Waals surface area contributed by atoms with Crippen LogP contribution < -0.4 is 0 Å². The Morgan fingerprint density at radius 1 is 1.40 bits per heavy atom. The highest BCUT2D eigenvalue weighted by Gasteiger charge is 2.48. The maximum absolute atomic E-state index is 10.5. The minimum absolute atomic E-state index is 0.179. The number of isocyanates is 1.